The summed E-state index contributed by atoms with van der Waals surface area (Å²) in [5, 5.41) is 5.94. The van der Waals surface area contributed by atoms with Crippen molar-refractivity contribution in [2.24, 2.45) is 0 Å². The summed E-state index contributed by atoms with van der Waals surface area (Å²) in [5.74, 6) is 0.867. The highest BCUT2D eigenvalue weighted by atomic mass is 32.1. The smallest absolute Gasteiger partial charge is 0.257 e. The Bertz CT molecular complexity index is 1550. The molecule has 0 aliphatic heterocycles. The van der Waals surface area contributed by atoms with Crippen LogP contribution < -0.4 is 15.4 Å². The number of ether oxygens (including phenoxy) is 1. The normalized spacial score (nSPS) is 10.7. The molecule has 1 amide bonds. The van der Waals surface area contributed by atoms with E-state index in [4.69, 9.17) is 21.4 Å². The molecular weight excluding hydrogens is 482 g/mol. The quantitative estimate of drug-likeness (QED) is 0.229. The summed E-state index contributed by atoms with van der Waals surface area (Å²) in [6.07, 6.45) is 0.891. The molecule has 5 aromatic rings. The zero-order valence-corrected chi connectivity index (χ0v) is 21.0. The minimum Gasteiger partial charge on any atom is -0.494 e. The molecule has 0 radical (unpaired) electrons. The van der Waals surface area contributed by atoms with E-state index in [1.807, 2.05) is 61.5 Å². The van der Waals surface area contributed by atoms with E-state index < -0.39 is 0 Å². The van der Waals surface area contributed by atoms with E-state index >= 15 is 0 Å². The molecule has 0 unspecified atom stereocenters. The van der Waals surface area contributed by atoms with Gasteiger partial charge in [-0.2, -0.15) is 0 Å². The Morgan fingerprint density at radius 3 is 2.43 bits per heavy atom. The van der Waals surface area contributed by atoms with Crippen LogP contribution in [0.1, 0.15) is 23.7 Å². The van der Waals surface area contributed by atoms with Crippen molar-refractivity contribution in [1.82, 2.24) is 10.3 Å². The van der Waals surface area contributed by atoms with Crippen molar-refractivity contribution >= 4 is 40.0 Å². The van der Waals surface area contributed by atoms with Crippen molar-refractivity contribution in [3.8, 4) is 28.3 Å². The van der Waals surface area contributed by atoms with Gasteiger partial charge < -0.3 is 14.5 Å². The van der Waals surface area contributed by atoms with E-state index in [1.165, 1.54) is 0 Å². The summed E-state index contributed by atoms with van der Waals surface area (Å²) < 4.78 is 11.6. The summed E-state index contributed by atoms with van der Waals surface area (Å²) >= 11 is 5.35. The van der Waals surface area contributed by atoms with Gasteiger partial charge in [-0.1, -0.05) is 55.5 Å². The molecule has 37 heavy (non-hydrogen) atoms. The summed E-state index contributed by atoms with van der Waals surface area (Å²) in [6, 6.07) is 30.8. The van der Waals surface area contributed by atoms with Crippen LogP contribution in [0.4, 0.5) is 5.69 Å². The van der Waals surface area contributed by atoms with Gasteiger partial charge in [-0.3, -0.25) is 10.1 Å². The van der Waals surface area contributed by atoms with Crippen molar-refractivity contribution in [3.05, 3.63) is 103 Å². The summed E-state index contributed by atoms with van der Waals surface area (Å²) in [4.78, 5) is 17.3. The van der Waals surface area contributed by atoms with Crippen molar-refractivity contribution in [3.63, 3.8) is 0 Å². The number of aromatic nitrogens is 1. The minimum atomic E-state index is -0.316. The first kappa shape index (κ1) is 24.2. The molecule has 1 aromatic heterocycles. The van der Waals surface area contributed by atoms with Crippen LogP contribution in [0.5, 0.6) is 5.75 Å². The third-order valence-corrected chi connectivity index (χ3v) is 5.88. The van der Waals surface area contributed by atoms with E-state index in [0.717, 1.165) is 23.1 Å². The standard InChI is InChI=1S/C30H25N3O3S/c1-2-17-35-25-10-6-9-23(18-25)28(34)33-30(37)31-24-15-16-27-26(19-24)32-29(36-27)22-13-11-21(12-14-22)20-7-4-3-5-8-20/h3-16,18-19H,2,17H2,1H3,(H2,31,33,34,37). The van der Waals surface area contributed by atoms with Gasteiger partial charge in [0.05, 0.1) is 6.61 Å². The lowest BCUT2D eigenvalue weighted by atomic mass is 10.0. The Labute approximate surface area is 220 Å². The summed E-state index contributed by atoms with van der Waals surface area (Å²) in [6.45, 7) is 2.62. The monoisotopic (exact) mass is 507 g/mol. The fraction of sp³-hybridized carbons (Fsp3) is 0.100. The van der Waals surface area contributed by atoms with Gasteiger partial charge in [0, 0.05) is 16.8 Å². The van der Waals surface area contributed by atoms with Crippen LogP contribution in [-0.4, -0.2) is 22.6 Å². The number of oxazole rings is 1. The Morgan fingerprint density at radius 2 is 1.65 bits per heavy atom. The SMILES string of the molecule is CCCOc1cccc(C(=O)NC(=S)Nc2ccc3oc(-c4ccc(-c5ccccc5)cc4)nc3c2)c1. The number of benzene rings is 4. The number of amides is 1. The lowest BCUT2D eigenvalue weighted by Gasteiger charge is -2.10. The zero-order valence-electron chi connectivity index (χ0n) is 20.2. The molecule has 7 heteroatoms. The molecule has 184 valence electrons. The number of carbonyl (C=O) groups excluding carboxylic acids is 1. The fourth-order valence-electron chi connectivity index (χ4n) is 3.85. The Kier molecular flexibility index (Phi) is 7.23. The number of nitrogens with one attached hydrogen (secondary N) is 2. The molecule has 4 aromatic carbocycles. The Balaban J connectivity index is 1.25. The topological polar surface area (TPSA) is 76.4 Å². The van der Waals surface area contributed by atoms with Crippen LogP contribution in [0.25, 0.3) is 33.7 Å². The molecule has 0 spiro atoms. The number of hydrogen-bond acceptors (Lipinski definition) is 5. The van der Waals surface area contributed by atoms with Crippen LogP contribution in [0.15, 0.2) is 101 Å². The van der Waals surface area contributed by atoms with Crippen molar-refractivity contribution in [1.29, 1.82) is 0 Å². The summed E-state index contributed by atoms with van der Waals surface area (Å²) in [5.41, 5.74) is 5.67. The number of thiocarbonyl (C=S) groups is 1. The maximum absolute atomic E-state index is 12.6. The second-order valence-corrected chi connectivity index (χ2v) is 8.84. The minimum absolute atomic E-state index is 0.185. The van der Waals surface area contributed by atoms with E-state index in [0.29, 0.717) is 40.6 Å². The third-order valence-electron chi connectivity index (χ3n) is 5.68. The number of rotatable bonds is 7. The van der Waals surface area contributed by atoms with E-state index in [-0.39, 0.29) is 11.0 Å². The highest BCUT2D eigenvalue weighted by Crippen LogP contribution is 2.28. The average Bonchev–Trinajstić information content (AvgIpc) is 3.36. The van der Waals surface area contributed by atoms with Gasteiger partial charge in [0.2, 0.25) is 5.89 Å². The van der Waals surface area contributed by atoms with Crippen molar-refractivity contribution < 1.29 is 13.9 Å². The van der Waals surface area contributed by atoms with Crippen LogP contribution in [0.2, 0.25) is 0 Å². The Hall–Kier alpha value is -4.49. The number of anilines is 1. The molecule has 6 nitrogen and oxygen atoms in total. The highest BCUT2D eigenvalue weighted by molar-refractivity contribution is 7.80. The predicted octanol–water partition coefficient (Wildman–Crippen LogP) is 7.08. The Morgan fingerprint density at radius 1 is 0.892 bits per heavy atom. The van der Waals surface area contributed by atoms with Crippen molar-refractivity contribution in [2.45, 2.75) is 13.3 Å². The average molecular weight is 508 g/mol. The lowest BCUT2D eigenvalue weighted by molar-refractivity contribution is 0.0977. The number of hydrogen-bond donors (Lipinski definition) is 2. The molecule has 0 aliphatic carbocycles. The second kappa shape index (κ2) is 11.1. The van der Waals surface area contributed by atoms with E-state index in [9.17, 15) is 4.79 Å². The van der Waals surface area contributed by atoms with Crippen LogP contribution in [0.3, 0.4) is 0 Å². The first-order valence-corrected chi connectivity index (χ1v) is 12.4. The molecule has 0 bridgehead atoms. The van der Waals surface area contributed by atoms with E-state index in [1.54, 1.807) is 18.2 Å². The summed E-state index contributed by atoms with van der Waals surface area (Å²) in [7, 11) is 0. The van der Waals surface area contributed by atoms with Gasteiger partial charge in [0.1, 0.15) is 11.3 Å². The number of nitrogens with zero attached hydrogens (tertiary/aromatic N) is 1. The molecule has 2 N–H and O–H groups in total. The second-order valence-electron chi connectivity index (χ2n) is 8.43. The van der Waals surface area contributed by atoms with Crippen LogP contribution >= 0.6 is 12.2 Å². The van der Waals surface area contributed by atoms with Gasteiger partial charge in [-0.05, 0) is 78.3 Å². The predicted molar refractivity (Wildman–Crippen MR) is 151 cm³/mol. The molecule has 0 aliphatic rings. The first-order chi connectivity index (χ1) is 18.1. The first-order valence-electron chi connectivity index (χ1n) is 12.0. The molecule has 5 rings (SSSR count). The molecule has 1 heterocycles. The van der Waals surface area contributed by atoms with Crippen molar-refractivity contribution in [2.75, 3.05) is 11.9 Å². The fourth-order valence-corrected chi connectivity index (χ4v) is 4.06. The molecule has 0 fully saturated rings. The maximum atomic E-state index is 12.6. The van der Waals surface area contributed by atoms with Crippen LogP contribution in [0, 0.1) is 0 Å². The molecular formula is C30H25N3O3S. The van der Waals surface area contributed by atoms with Gasteiger partial charge in [0.25, 0.3) is 5.91 Å². The molecule has 0 atom stereocenters. The number of fused-ring (bicyclic) bond motifs is 1. The van der Waals surface area contributed by atoms with Gasteiger partial charge in [0.15, 0.2) is 10.7 Å². The van der Waals surface area contributed by atoms with Gasteiger partial charge in [-0.25, -0.2) is 4.98 Å². The third kappa shape index (κ3) is 5.85. The lowest BCUT2D eigenvalue weighted by Crippen LogP contribution is -2.34. The largest absolute Gasteiger partial charge is 0.494 e. The van der Waals surface area contributed by atoms with Gasteiger partial charge in [-0.15, -0.1) is 0 Å². The highest BCUT2D eigenvalue weighted by Gasteiger charge is 2.12. The van der Waals surface area contributed by atoms with Crippen LogP contribution in [-0.2, 0) is 0 Å². The van der Waals surface area contributed by atoms with Gasteiger partial charge >= 0.3 is 0 Å². The number of carbonyl (C=O) groups is 1. The molecule has 0 saturated carbocycles. The maximum Gasteiger partial charge on any atom is 0.257 e. The van der Waals surface area contributed by atoms with E-state index in [2.05, 4.69) is 39.9 Å². The molecule has 0 saturated heterocycles. The zero-order chi connectivity index (χ0) is 25.6.